The van der Waals surface area contributed by atoms with E-state index in [0.29, 0.717) is 24.7 Å². The van der Waals surface area contributed by atoms with Crippen LogP contribution in [0.15, 0.2) is 72.8 Å². The first-order valence-electron chi connectivity index (χ1n) is 10.9. The number of urea groups is 1. The van der Waals surface area contributed by atoms with Crippen LogP contribution in [0.25, 0.3) is 11.1 Å². The molecule has 1 unspecified atom stereocenters. The summed E-state index contributed by atoms with van der Waals surface area (Å²) in [6, 6.07) is 21.6. The minimum atomic E-state index is -4.39. The van der Waals surface area contributed by atoms with Crippen LogP contribution < -0.4 is 10.6 Å². The lowest BCUT2D eigenvalue weighted by Gasteiger charge is -2.54. The summed E-state index contributed by atoms with van der Waals surface area (Å²) in [6.07, 6.45) is -4.39. The average Bonchev–Trinajstić information content (AvgIpc) is 2.80. The number of piperazine rings is 1. The number of fused-ring (bicyclic) bond motifs is 2. The predicted molar refractivity (Wildman–Crippen MR) is 122 cm³/mol. The Bertz CT molecular complexity index is 1130. The summed E-state index contributed by atoms with van der Waals surface area (Å²) < 4.78 is 38.2. The van der Waals surface area contributed by atoms with Crippen LogP contribution in [0.3, 0.4) is 0 Å². The molecule has 0 aliphatic carbocycles. The third-order valence-electron chi connectivity index (χ3n) is 6.56. The smallest absolute Gasteiger partial charge is 0.321 e. The average molecular weight is 451 g/mol. The van der Waals surface area contributed by atoms with Gasteiger partial charge in [-0.15, -0.1) is 0 Å². The van der Waals surface area contributed by atoms with Crippen molar-refractivity contribution < 1.29 is 18.0 Å². The van der Waals surface area contributed by atoms with Crippen molar-refractivity contribution in [2.24, 2.45) is 0 Å². The molecular weight excluding hydrogens is 427 g/mol. The molecule has 0 aromatic heterocycles. The number of rotatable bonds is 3. The number of carbonyl (C=O) groups is 1. The Balaban J connectivity index is 1.20. The second kappa shape index (κ2) is 8.23. The van der Waals surface area contributed by atoms with Crippen molar-refractivity contribution in [3.63, 3.8) is 0 Å². The fourth-order valence-corrected chi connectivity index (χ4v) is 4.75. The molecule has 0 spiro atoms. The fraction of sp³-hybridized carbons (Fsp3) is 0.269. The minimum absolute atomic E-state index is 0.160. The van der Waals surface area contributed by atoms with Gasteiger partial charge in [0.05, 0.1) is 5.56 Å². The van der Waals surface area contributed by atoms with Crippen molar-refractivity contribution >= 4 is 11.7 Å². The van der Waals surface area contributed by atoms with E-state index in [9.17, 15) is 18.0 Å². The number of nitrogens with one attached hydrogen (secondary N) is 2. The lowest BCUT2D eigenvalue weighted by atomic mass is 9.74. The zero-order chi connectivity index (χ0) is 23.2. The molecule has 3 fully saturated rings. The van der Waals surface area contributed by atoms with Gasteiger partial charge in [-0.25, -0.2) is 4.79 Å². The first-order valence-corrected chi connectivity index (χ1v) is 10.9. The fourth-order valence-electron chi connectivity index (χ4n) is 4.75. The standard InChI is InChI=1S/C26H24F3N3O/c1-16-2-4-17(5-3-16)18-6-8-19(9-7-18)24-22-14-32(15-23(24)31-22)25(33)30-21-12-10-20(11-13-21)26(27,28)29/h2-13,22-24,31H,14-15H2,1H3,(H,30,33)/t22-,23+,24?. The number of benzene rings is 3. The number of anilines is 1. The van der Waals surface area contributed by atoms with Crippen LogP contribution in [0.4, 0.5) is 23.7 Å². The van der Waals surface area contributed by atoms with Crippen molar-refractivity contribution in [3.05, 3.63) is 89.5 Å². The maximum Gasteiger partial charge on any atom is 0.416 e. The van der Waals surface area contributed by atoms with Crippen molar-refractivity contribution in [3.8, 4) is 11.1 Å². The summed E-state index contributed by atoms with van der Waals surface area (Å²) in [7, 11) is 0. The minimum Gasteiger partial charge on any atom is -0.321 e. The molecule has 0 radical (unpaired) electrons. The summed E-state index contributed by atoms with van der Waals surface area (Å²) >= 11 is 0. The van der Waals surface area contributed by atoms with E-state index in [1.54, 1.807) is 4.90 Å². The van der Waals surface area contributed by atoms with E-state index in [1.165, 1.54) is 34.4 Å². The number of carbonyl (C=O) groups excluding carboxylic acids is 1. The van der Waals surface area contributed by atoms with Gasteiger partial charge in [0.1, 0.15) is 0 Å². The lowest BCUT2D eigenvalue weighted by Crippen LogP contribution is -2.72. The van der Waals surface area contributed by atoms with Gasteiger partial charge in [-0.3, -0.25) is 0 Å². The first-order chi connectivity index (χ1) is 15.8. The number of piperidine rings is 1. The molecule has 33 heavy (non-hydrogen) atoms. The monoisotopic (exact) mass is 451 g/mol. The molecule has 3 saturated heterocycles. The highest BCUT2D eigenvalue weighted by Crippen LogP contribution is 2.38. The van der Waals surface area contributed by atoms with Gasteiger partial charge in [0.15, 0.2) is 0 Å². The Hall–Kier alpha value is -3.32. The SMILES string of the molecule is Cc1ccc(-c2ccc(C3[C@@H]4CN(C(=O)Nc5ccc(C(F)(F)F)cc5)C[C@H]3N4)cc2)cc1. The molecular formula is C26H24F3N3O. The van der Waals surface area contributed by atoms with Gasteiger partial charge in [-0.1, -0.05) is 54.1 Å². The predicted octanol–water partition coefficient (Wildman–Crippen LogP) is 5.65. The zero-order valence-corrected chi connectivity index (χ0v) is 18.1. The van der Waals surface area contributed by atoms with Crippen molar-refractivity contribution in [2.45, 2.75) is 31.1 Å². The largest absolute Gasteiger partial charge is 0.416 e. The molecule has 2 bridgehead atoms. The second-order valence-electron chi connectivity index (χ2n) is 8.80. The Morgan fingerprint density at radius 3 is 1.97 bits per heavy atom. The molecule has 3 aliphatic rings. The number of hydrogen-bond donors (Lipinski definition) is 2. The molecule has 2 N–H and O–H groups in total. The highest BCUT2D eigenvalue weighted by molar-refractivity contribution is 5.89. The van der Waals surface area contributed by atoms with E-state index < -0.39 is 11.7 Å². The van der Waals surface area contributed by atoms with Crippen LogP contribution in [0.1, 0.15) is 22.6 Å². The Labute approximate surface area is 190 Å². The number of aryl methyl sites for hydroxylation is 1. The Morgan fingerprint density at radius 1 is 0.879 bits per heavy atom. The van der Waals surface area contributed by atoms with Crippen LogP contribution in [0, 0.1) is 6.92 Å². The molecule has 3 heterocycles. The van der Waals surface area contributed by atoms with E-state index in [4.69, 9.17) is 0 Å². The Morgan fingerprint density at radius 2 is 1.42 bits per heavy atom. The van der Waals surface area contributed by atoms with E-state index in [0.717, 1.165) is 12.1 Å². The van der Waals surface area contributed by atoms with Gasteiger partial charge in [-0.05, 0) is 47.9 Å². The van der Waals surface area contributed by atoms with Gasteiger partial charge in [0.2, 0.25) is 0 Å². The third kappa shape index (κ3) is 4.33. The molecule has 0 saturated carbocycles. The third-order valence-corrected chi connectivity index (χ3v) is 6.56. The summed E-state index contributed by atoms with van der Waals surface area (Å²) in [4.78, 5) is 14.4. The number of alkyl halides is 3. The number of halogens is 3. The van der Waals surface area contributed by atoms with Crippen LogP contribution in [-0.4, -0.2) is 36.1 Å². The van der Waals surface area contributed by atoms with Gasteiger partial charge in [-0.2, -0.15) is 13.2 Å². The summed E-state index contributed by atoms with van der Waals surface area (Å²) in [5, 5.41) is 6.21. The second-order valence-corrected chi connectivity index (χ2v) is 8.80. The number of nitrogens with zero attached hydrogens (tertiary/aromatic N) is 1. The van der Waals surface area contributed by atoms with Gasteiger partial charge >= 0.3 is 12.2 Å². The first kappa shape index (κ1) is 21.5. The Kier molecular flexibility index (Phi) is 5.37. The molecule has 4 nitrogen and oxygen atoms in total. The zero-order valence-electron chi connectivity index (χ0n) is 18.1. The van der Waals surface area contributed by atoms with Gasteiger partial charge in [0, 0.05) is 36.8 Å². The van der Waals surface area contributed by atoms with E-state index in [2.05, 4.69) is 66.1 Å². The summed E-state index contributed by atoms with van der Waals surface area (Å²) in [6.45, 7) is 3.17. The van der Waals surface area contributed by atoms with E-state index in [-0.39, 0.29) is 18.1 Å². The lowest BCUT2D eigenvalue weighted by molar-refractivity contribution is -0.137. The molecule has 3 atom stereocenters. The van der Waals surface area contributed by atoms with Crippen LogP contribution in [-0.2, 0) is 6.18 Å². The van der Waals surface area contributed by atoms with Crippen molar-refractivity contribution in [1.29, 1.82) is 0 Å². The molecule has 3 aromatic rings. The van der Waals surface area contributed by atoms with Gasteiger partial charge < -0.3 is 15.5 Å². The number of hydrogen-bond acceptors (Lipinski definition) is 2. The van der Waals surface area contributed by atoms with Crippen LogP contribution in [0.2, 0.25) is 0 Å². The molecule has 6 rings (SSSR count). The maximum absolute atomic E-state index is 12.7. The van der Waals surface area contributed by atoms with Gasteiger partial charge in [0.25, 0.3) is 0 Å². The van der Waals surface area contributed by atoms with E-state index in [1.807, 2.05) is 0 Å². The molecule has 3 aromatic carbocycles. The molecule has 7 heteroatoms. The topological polar surface area (TPSA) is 44.4 Å². The van der Waals surface area contributed by atoms with Crippen molar-refractivity contribution in [1.82, 2.24) is 10.2 Å². The van der Waals surface area contributed by atoms with Crippen LogP contribution >= 0.6 is 0 Å². The quantitative estimate of drug-likeness (QED) is 0.540. The maximum atomic E-state index is 12.7. The molecule has 3 aliphatic heterocycles. The van der Waals surface area contributed by atoms with E-state index >= 15 is 0 Å². The van der Waals surface area contributed by atoms with Crippen LogP contribution in [0.5, 0.6) is 0 Å². The highest BCUT2D eigenvalue weighted by Gasteiger charge is 2.48. The summed E-state index contributed by atoms with van der Waals surface area (Å²) in [5.41, 5.74) is 4.46. The summed E-state index contributed by atoms with van der Waals surface area (Å²) in [5.74, 6) is 0.340. The highest BCUT2D eigenvalue weighted by atomic mass is 19.4. The molecule has 170 valence electrons. The molecule has 2 amide bonds. The number of amides is 2. The van der Waals surface area contributed by atoms with Crippen molar-refractivity contribution in [2.75, 3.05) is 18.4 Å². The normalized spacial score (nSPS) is 21.9.